The van der Waals surface area contributed by atoms with Crippen LogP contribution in [0.15, 0.2) is 52.0 Å². The Morgan fingerprint density at radius 2 is 2.07 bits per heavy atom. The van der Waals surface area contributed by atoms with E-state index in [0.717, 1.165) is 55.7 Å². The van der Waals surface area contributed by atoms with Crippen molar-refractivity contribution in [2.75, 3.05) is 26.2 Å². The van der Waals surface area contributed by atoms with Gasteiger partial charge < -0.3 is 10.1 Å². The number of hydrogen-bond donors (Lipinski definition) is 2. The van der Waals surface area contributed by atoms with Gasteiger partial charge in [-0.15, -0.1) is 0 Å². The molecule has 2 N–H and O–H groups in total. The van der Waals surface area contributed by atoms with Crippen LogP contribution >= 0.6 is 11.3 Å². The van der Waals surface area contributed by atoms with Crippen molar-refractivity contribution in [2.45, 2.75) is 25.6 Å². The number of piperazine rings is 1. The first-order valence-corrected chi connectivity index (χ1v) is 10.4. The van der Waals surface area contributed by atoms with Crippen LogP contribution in [-0.4, -0.2) is 52.2 Å². The fourth-order valence-corrected chi connectivity index (χ4v) is 4.59. The van der Waals surface area contributed by atoms with E-state index < -0.39 is 0 Å². The number of aromatic nitrogens is 1. The molecule has 0 saturated carbocycles. The summed E-state index contributed by atoms with van der Waals surface area (Å²) in [4.78, 5) is 20.6. The molecule has 3 heterocycles. The lowest BCUT2D eigenvalue weighted by molar-refractivity contribution is 0.0495. The van der Waals surface area contributed by atoms with E-state index >= 15 is 0 Å². The summed E-state index contributed by atoms with van der Waals surface area (Å²) in [6.07, 6.45) is 0.773. The van der Waals surface area contributed by atoms with Crippen LogP contribution in [0.4, 0.5) is 0 Å². The highest BCUT2D eigenvalue weighted by Gasteiger charge is 2.27. The Labute approximate surface area is 162 Å². The summed E-state index contributed by atoms with van der Waals surface area (Å²) in [6, 6.07) is 11.9. The highest BCUT2D eigenvalue weighted by molar-refractivity contribution is 7.07. The predicted molar refractivity (Wildman–Crippen MR) is 110 cm³/mol. The van der Waals surface area contributed by atoms with Gasteiger partial charge >= 0.3 is 0 Å². The second kappa shape index (κ2) is 8.35. The number of aliphatic hydroxyl groups is 1. The van der Waals surface area contributed by atoms with Crippen LogP contribution in [0.2, 0.25) is 0 Å². The monoisotopic (exact) mass is 383 g/mol. The highest BCUT2D eigenvalue weighted by atomic mass is 32.1. The smallest absolute Gasteiger partial charge is 0.189 e. The van der Waals surface area contributed by atoms with Gasteiger partial charge in [0, 0.05) is 68.0 Å². The Hall–Kier alpha value is -1.99. The van der Waals surface area contributed by atoms with Crippen molar-refractivity contribution in [3.05, 3.63) is 68.6 Å². The van der Waals surface area contributed by atoms with E-state index in [2.05, 4.69) is 31.6 Å². The van der Waals surface area contributed by atoms with Crippen LogP contribution in [0, 0.1) is 0 Å². The third-order valence-electron chi connectivity index (χ3n) is 5.30. The maximum atomic E-state index is 12.4. The summed E-state index contributed by atoms with van der Waals surface area (Å²) in [5, 5.41) is 14.5. The fourth-order valence-electron chi connectivity index (χ4n) is 3.93. The molecule has 27 heavy (non-hydrogen) atoms. The quantitative estimate of drug-likeness (QED) is 0.687. The zero-order chi connectivity index (χ0) is 18.6. The summed E-state index contributed by atoms with van der Waals surface area (Å²) < 4.78 is 0. The SMILES string of the molecule is O=c1cc(CN2CCN(Cc3ccsc3)[C@@H](CCO)C2)[nH]c2ccccc12. The molecule has 0 unspecified atom stereocenters. The number of benzene rings is 1. The molecule has 5 nitrogen and oxygen atoms in total. The lowest BCUT2D eigenvalue weighted by Gasteiger charge is -2.41. The van der Waals surface area contributed by atoms with Crippen LogP contribution in [-0.2, 0) is 13.1 Å². The molecule has 1 fully saturated rings. The third kappa shape index (κ3) is 4.30. The Balaban J connectivity index is 1.46. The normalized spacial score (nSPS) is 18.9. The van der Waals surface area contributed by atoms with E-state index in [1.807, 2.05) is 24.3 Å². The van der Waals surface area contributed by atoms with E-state index in [-0.39, 0.29) is 12.0 Å². The van der Waals surface area contributed by atoms with Crippen molar-refractivity contribution in [2.24, 2.45) is 0 Å². The van der Waals surface area contributed by atoms with Gasteiger partial charge in [0.25, 0.3) is 0 Å². The van der Waals surface area contributed by atoms with E-state index in [9.17, 15) is 9.90 Å². The fraction of sp³-hybridized carbons (Fsp3) is 0.381. The topological polar surface area (TPSA) is 59.6 Å². The minimum absolute atomic E-state index is 0.0716. The lowest BCUT2D eigenvalue weighted by atomic mass is 10.1. The minimum atomic E-state index is 0.0716. The summed E-state index contributed by atoms with van der Waals surface area (Å²) >= 11 is 1.73. The number of pyridine rings is 1. The van der Waals surface area contributed by atoms with Crippen LogP contribution < -0.4 is 5.43 Å². The van der Waals surface area contributed by atoms with Gasteiger partial charge in [-0.25, -0.2) is 0 Å². The lowest BCUT2D eigenvalue weighted by Crippen LogP contribution is -2.52. The number of hydrogen-bond acceptors (Lipinski definition) is 5. The largest absolute Gasteiger partial charge is 0.396 e. The number of fused-ring (bicyclic) bond motifs is 1. The van der Waals surface area contributed by atoms with E-state index in [1.165, 1.54) is 5.56 Å². The minimum Gasteiger partial charge on any atom is -0.396 e. The molecule has 1 aromatic carbocycles. The Kier molecular flexibility index (Phi) is 5.69. The number of nitrogens with zero attached hydrogens (tertiary/aromatic N) is 2. The number of thiophene rings is 1. The summed E-state index contributed by atoms with van der Waals surface area (Å²) in [6.45, 7) is 4.70. The van der Waals surface area contributed by atoms with Gasteiger partial charge in [-0.3, -0.25) is 14.6 Å². The van der Waals surface area contributed by atoms with Crippen molar-refractivity contribution >= 4 is 22.2 Å². The van der Waals surface area contributed by atoms with Gasteiger partial charge in [-0.05, 0) is 40.9 Å². The molecule has 142 valence electrons. The number of para-hydroxylation sites is 1. The molecule has 0 radical (unpaired) electrons. The molecule has 0 bridgehead atoms. The maximum Gasteiger partial charge on any atom is 0.189 e. The van der Waals surface area contributed by atoms with Gasteiger partial charge in [-0.2, -0.15) is 11.3 Å². The Morgan fingerprint density at radius 3 is 2.89 bits per heavy atom. The average Bonchev–Trinajstić information content (AvgIpc) is 3.17. The van der Waals surface area contributed by atoms with Crippen LogP contribution in [0.3, 0.4) is 0 Å². The first-order chi connectivity index (χ1) is 13.2. The highest BCUT2D eigenvalue weighted by Crippen LogP contribution is 2.19. The first-order valence-electron chi connectivity index (χ1n) is 9.42. The second-order valence-electron chi connectivity index (χ2n) is 7.21. The van der Waals surface area contributed by atoms with Crippen molar-refractivity contribution < 1.29 is 5.11 Å². The van der Waals surface area contributed by atoms with Gasteiger partial charge in [0.1, 0.15) is 0 Å². The van der Waals surface area contributed by atoms with Crippen molar-refractivity contribution in [1.82, 2.24) is 14.8 Å². The molecule has 1 saturated heterocycles. The first kappa shape index (κ1) is 18.4. The molecular formula is C21H25N3O2S. The van der Waals surface area contributed by atoms with Gasteiger partial charge in [0.2, 0.25) is 0 Å². The summed E-state index contributed by atoms with van der Waals surface area (Å²) in [5.41, 5.74) is 3.26. The summed E-state index contributed by atoms with van der Waals surface area (Å²) in [7, 11) is 0. The van der Waals surface area contributed by atoms with E-state index in [4.69, 9.17) is 0 Å². The number of nitrogens with one attached hydrogen (secondary N) is 1. The Bertz CT molecular complexity index is 938. The molecule has 0 aliphatic carbocycles. The van der Waals surface area contributed by atoms with Crippen molar-refractivity contribution in [1.29, 1.82) is 0 Å². The maximum absolute atomic E-state index is 12.4. The Morgan fingerprint density at radius 1 is 1.19 bits per heavy atom. The molecule has 1 aliphatic heterocycles. The standard InChI is InChI=1S/C21H25N3O2S/c25-9-5-18-14-23(7-8-24(18)12-16-6-10-27-15-16)13-17-11-21(26)19-3-1-2-4-20(19)22-17/h1-4,6,10-11,15,18,25H,5,7-9,12-14H2,(H,22,26)/t18-/m0/s1. The average molecular weight is 384 g/mol. The van der Waals surface area contributed by atoms with Crippen LogP contribution in [0.5, 0.6) is 0 Å². The zero-order valence-corrected chi connectivity index (χ0v) is 16.1. The number of H-pyrrole nitrogens is 1. The molecule has 3 aromatic rings. The molecule has 6 heteroatoms. The second-order valence-corrected chi connectivity index (χ2v) is 7.99. The molecule has 1 atom stereocenters. The van der Waals surface area contributed by atoms with Crippen molar-refractivity contribution in [3.63, 3.8) is 0 Å². The predicted octanol–water partition coefficient (Wildman–Crippen LogP) is 2.66. The zero-order valence-electron chi connectivity index (χ0n) is 15.3. The van der Waals surface area contributed by atoms with Crippen molar-refractivity contribution in [3.8, 4) is 0 Å². The summed E-state index contributed by atoms with van der Waals surface area (Å²) in [5.74, 6) is 0. The molecule has 0 spiro atoms. The molecule has 4 rings (SSSR count). The van der Waals surface area contributed by atoms with E-state index in [1.54, 1.807) is 17.4 Å². The van der Waals surface area contributed by atoms with Crippen LogP contribution in [0.25, 0.3) is 10.9 Å². The van der Waals surface area contributed by atoms with Gasteiger partial charge in [0.05, 0.1) is 0 Å². The van der Waals surface area contributed by atoms with E-state index in [0.29, 0.717) is 6.04 Å². The number of aromatic amines is 1. The third-order valence-corrected chi connectivity index (χ3v) is 6.04. The molecule has 0 amide bonds. The molecular weight excluding hydrogens is 358 g/mol. The number of aliphatic hydroxyl groups excluding tert-OH is 1. The molecule has 1 aliphatic rings. The molecule has 2 aromatic heterocycles. The van der Waals surface area contributed by atoms with Crippen LogP contribution in [0.1, 0.15) is 17.7 Å². The van der Waals surface area contributed by atoms with Gasteiger partial charge in [-0.1, -0.05) is 12.1 Å². The van der Waals surface area contributed by atoms with Gasteiger partial charge in [0.15, 0.2) is 5.43 Å². The number of rotatable bonds is 6.